The zero-order valence-electron chi connectivity index (χ0n) is 12.6. The summed E-state index contributed by atoms with van der Waals surface area (Å²) in [6.45, 7) is 4.56. The first kappa shape index (κ1) is 16.0. The van der Waals surface area contributed by atoms with Gasteiger partial charge in [-0.25, -0.2) is 9.38 Å². The fourth-order valence-corrected chi connectivity index (χ4v) is 3.39. The molecule has 0 bridgehead atoms. The Hall–Kier alpha value is -1.91. The third-order valence-electron chi connectivity index (χ3n) is 3.50. The zero-order valence-corrected chi connectivity index (χ0v) is 14.2. The summed E-state index contributed by atoms with van der Waals surface area (Å²) in [6, 6.07) is 4.50. The molecule has 0 radical (unpaired) electrons. The summed E-state index contributed by atoms with van der Waals surface area (Å²) in [6.07, 6.45) is 0.220. The first-order valence-electron chi connectivity index (χ1n) is 7.13. The molecule has 23 heavy (non-hydrogen) atoms. The van der Waals surface area contributed by atoms with Gasteiger partial charge in [0.2, 0.25) is 4.80 Å². The van der Waals surface area contributed by atoms with Crippen LogP contribution in [0.25, 0.3) is 0 Å². The predicted octanol–water partition coefficient (Wildman–Crippen LogP) is 3.45. The quantitative estimate of drug-likeness (QED) is 0.849. The van der Waals surface area contributed by atoms with Crippen molar-refractivity contribution in [3.8, 4) is 11.8 Å². The molecule has 2 aromatic rings. The maximum absolute atomic E-state index is 14.1. The Balaban J connectivity index is 2.02. The van der Waals surface area contributed by atoms with Gasteiger partial charge in [0, 0.05) is 30.6 Å². The smallest absolute Gasteiger partial charge is 0.209 e. The van der Waals surface area contributed by atoms with Gasteiger partial charge >= 0.3 is 0 Å². The van der Waals surface area contributed by atoms with Gasteiger partial charge in [-0.2, -0.15) is 9.64 Å². The lowest BCUT2D eigenvalue weighted by atomic mass is 10.1. The summed E-state index contributed by atoms with van der Waals surface area (Å²) in [7, 11) is 0. The van der Waals surface area contributed by atoms with Crippen LogP contribution in [0.5, 0.6) is 5.75 Å². The highest BCUT2D eigenvalue weighted by atomic mass is 35.5. The van der Waals surface area contributed by atoms with E-state index in [0.717, 1.165) is 24.9 Å². The van der Waals surface area contributed by atoms with E-state index in [1.165, 1.54) is 17.6 Å². The van der Waals surface area contributed by atoms with Crippen LogP contribution in [0.2, 0.25) is 5.02 Å². The molecule has 5 nitrogen and oxygen atoms in total. The fourth-order valence-electron chi connectivity index (χ4n) is 2.42. The van der Waals surface area contributed by atoms with E-state index >= 15 is 0 Å². The van der Waals surface area contributed by atoms with Gasteiger partial charge in [-0.3, -0.25) is 0 Å². The second-order valence-corrected chi connectivity index (χ2v) is 6.67. The molecule has 1 aromatic carbocycles. The van der Waals surface area contributed by atoms with Crippen molar-refractivity contribution in [3.05, 3.63) is 33.6 Å². The molecule has 120 valence electrons. The average Bonchev–Trinajstić information content (AvgIpc) is 3.04. The molecule has 0 amide bonds. The standard InChI is InChI=1S/C15H14ClFN4OS/c1-8-3-14-20-23-15(21(14)7-8)19-12-5-13(22-9(2)6-18)10(16)4-11(12)17/h4-5,8-9H,3,7H2,1-2H3/b19-15-. The summed E-state index contributed by atoms with van der Waals surface area (Å²) in [5, 5.41) is 8.93. The number of hydrogen-bond acceptors (Lipinski definition) is 5. The number of hydrogen-bond donors (Lipinski definition) is 0. The fraction of sp³-hybridized carbons (Fsp3) is 0.400. The number of aromatic nitrogens is 2. The molecule has 2 heterocycles. The largest absolute Gasteiger partial charge is 0.474 e. The van der Waals surface area contributed by atoms with Crippen LogP contribution in [0.1, 0.15) is 19.7 Å². The molecule has 0 N–H and O–H groups in total. The third kappa shape index (κ3) is 3.23. The normalized spacial score (nSPS) is 18.6. The number of nitriles is 1. The topological polar surface area (TPSA) is 63.2 Å². The van der Waals surface area contributed by atoms with E-state index in [9.17, 15) is 4.39 Å². The van der Waals surface area contributed by atoms with Crippen molar-refractivity contribution >= 4 is 28.8 Å². The second-order valence-electron chi connectivity index (χ2n) is 5.54. The third-order valence-corrected chi connectivity index (χ3v) is 4.58. The lowest BCUT2D eigenvalue weighted by Gasteiger charge is -2.10. The lowest BCUT2D eigenvalue weighted by Crippen LogP contribution is -2.14. The SMILES string of the molecule is CC1Cc2ns/c(=N\c3cc(OC(C)C#N)c(Cl)cc3F)n2C1. The molecule has 2 unspecified atom stereocenters. The number of rotatable bonds is 3. The molecule has 1 aliphatic heterocycles. The maximum Gasteiger partial charge on any atom is 0.209 e. The minimum absolute atomic E-state index is 0.111. The van der Waals surface area contributed by atoms with Crippen molar-refractivity contribution in [1.82, 2.24) is 8.94 Å². The Kier molecular flexibility index (Phi) is 4.37. The van der Waals surface area contributed by atoms with Crippen molar-refractivity contribution in [1.29, 1.82) is 5.26 Å². The Labute approximate surface area is 141 Å². The Morgan fingerprint density at radius 1 is 1.61 bits per heavy atom. The highest BCUT2D eigenvalue weighted by Crippen LogP contribution is 2.32. The van der Waals surface area contributed by atoms with Crippen LogP contribution in [0.3, 0.4) is 0 Å². The summed E-state index contributed by atoms with van der Waals surface area (Å²) >= 11 is 7.21. The van der Waals surface area contributed by atoms with Gasteiger partial charge in [0.25, 0.3) is 0 Å². The van der Waals surface area contributed by atoms with E-state index in [4.69, 9.17) is 21.6 Å². The van der Waals surface area contributed by atoms with Crippen molar-refractivity contribution in [2.45, 2.75) is 32.9 Å². The van der Waals surface area contributed by atoms with Gasteiger partial charge < -0.3 is 9.30 Å². The van der Waals surface area contributed by atoms with Crippen LogP contribution < -0.4 is 9.54 Å². The molecule has 0 spiro atoms. The minimum Gasteiger partial charge on any atom is -0.474 e. The van der Waals surface area contributed by atoms with Crippen LogP contribution in [-0.2, 0) is 13.0 Å². The monoisotopic (exact) mass is 352 g/mol. The Morgan fingerprint density at radius 2 is 2.39 bits per heavy atom. The van der Waals surface area contributed by atoms with Crippen LogP contribution in [0.4, 0.5) is 10.1 Å². The second kappa shape index (κ2) is 6.30. The van der Waals surface area contributed by atoms with E-state index in [1.54, 1.807) is 6.92 Å². The molecule has 8 heteroatoms. The molecule has 0 aliphatic carbocycles. The molecule has 0 fully saturated rings. The first-order chi connectivity index (χ1) is 11.0. The summed E-state index contributed by atoms with van der Waals surface area (Å²) in [5.41, 5.74) is 0.119. The van der Waals surface area contributed by atoms with Gasteiger partial charge in [0.1, 0.15) is 23.3 Å². The molecular weight excluding hydrogens is 339 g/mol. The van der Waals surface area contributed by atoms with Gasteiger partial charge in [-0.1, -0.05) is 18.5 Å². The van der Waals surface area contributed by atoms with Crippen LogP contribution in [-0.4, -0.2) is 15.0 Å². The van der Waals surface area contributed by atoms with Gasteiger partial charge in [0.05, 0.1) is 5.02 Å². The first-order valence-corrected chi connectivity index (χ1v) is 8.28. The Bertz CT molecular complexity index is 854. The summed E-state index contributed by atoms with van der Waals surface area (Å²) < 4.78 is 25.9. The predicted molar refractivity (Wildman–Crippen MR) is 85.3 cm³/mol. The minimum atomic E-state index is -0.686. The molecule has 1 aromatic heterocycles. The van der Waals surface area contributed by atoms with E-state index in [0.29, 0.717) is 10.7 Å². The highest BCUT2D eigenvalue weighted by Gasteiger charge is 2.21. The Morgan fingerprint density at radius 3 is 3.13 bits per heavy atom. The van der Waals surface area contributed by atoms with E-state index in [1.807, 2.05) is 10.6 Å². The van der Waals surface area contributed by atoms with Crippen LogP contribution in [0, 0.1) is 23.1 Å². The van der Waals surface area contributed by atoms with Gasteiger partial charge in [0.15, 0.2) is 11.9 Å². The van der Waals surface area contributed by atoms with Gasteiger partial charge in [-0.15, -0.1) is 0 Å². The molecule has 3 rings (SSSR count). The van der Waals surface area contributed by atoms with E-state index < -0.39 is 11.9 Å². The lowest BCUT2D eigenvalue weighted by molar-refractivity contribution is 0.276. The molecule has 0 saturated heterocycles. The molecule has 2 atom stereocenters. The van der Waals surface area contributed by atoms with Crippen LogP contribution >= 0.6 is 23.1 Å². The molecule has 0 saturated carbocycles. The number of halogens is 2. The van der Waals surface area contributed by atoms with E-state index in [2.05, 4.69) is 16.3 Å². The van der Waals surface area contributed by atoms with Crippen LogP contribution in [0.15, 0.2) is 17.1 Å². The van der Waals surface area contributed by atoms with Crippen molar-refractivity contribution in [2.24, 2.45) is 10.9 Å². The van der Waals surface area contributed by atoms with Gasteiger partial charge in [-0.05, 0) is 18.9 Å². The van der Waals surface area contributed by atoms with Crippen molar-refractivity contribution < 1.29 is 9.13 Å². The number of fused-ring (bicyclic) bond motifs is 1. The number of benzene rings is 1. The summed E-state index contributed by atoms with van der Waals surface area (Å²) in [4.78, 5) is 5.01. The number of nitrogens with zero attached hydrogens (tertiary/aromatic N) is 4. The zero-order chi connectivity index (χ0) is 16.6. The maximum atomic E-state index is 14.1. The van der Waals surface area contributed by atoms with E-state index in [-0.39, 0.29) is 16.5 Å². The molecule has 1 aliphatic rings. The highest BCUT2D eigenvalue weighted by molar-refractivity contribution is 7.02. The average molecular weight is 353 g/mol. The van der Waals surface area contributed by atoms with Crippen molar-refractivity contribution in [3.63, 3.8) is 0 Å². The number of ether oxygens (including phenoxy) is 1. The molecular formula is C15H14ClFN4OS. The summed E-state index contributed by atoms with van der Waals surface area (Å²) in [5.74, 6) is 1.18. The van der Waals surface area contributed by atoms with Crippen molar-refractivity contribution in [2.75, 3.05) is 0 Å².